The quantitative estimate of drug-likeness (QED) is 0.706. The number of rotatable bonds is 2. The van der Waals surface area contributed by atoms with Crippen LogP contribution in [0.4, 0.5) is 0 Å². The molecule has 2 rings (SSSR count). The lowest BCUT2D eigenvalue weighted by molar-refractivity contribution is 0.0647. The minimum absolute atomic E-state index is 0.638. The van der Waals surface area contributed by atoms with Crippen molar-refractivity contribution in [3.05, 3.63) is 0 Å². The zero-order valence-electron chi connectivity index (χ0n) is 8.59. The molecule has 0 amide bonds. The number of hydrogen-bond donors (Lipinski definition) is 1. The Balaban J connectivity index is 1.75. The van der Waals surface area contributed by atoms with Crippen molar-refractivity contribution < 1.29 is 4.74 Å². The van der Waals surface area contributed by atoms with Crippen molar-refractivity contribution in [2.45, 2.75) is 51.1 Å². The molecule has 1 heterocycles. The van der Waals surface area contributed by atoms with Crippen LogP contribution in [0.5, 0.6) is 0 Å². The third-order valence-corrected chi connectivity index (χ3v) is 3.47. The van der Waals surface area contributed by atoms with Gasteiger partial charge in [-0.05, 0) is 31.6 Å². The smallest absolute Gasteiger partial charge is 0.0619 e. The molecule has 1 aliphatic heterocycles. The van der Waals surface area contributed by atoms with Gasteiger partial charge in [0.25, 0.3) is 0 Å². The predicted octanol–water partition coefficient (Wildman–Crippen LogP) is 1.94. The summed E-state index contributed by atoms with van der Waals surface area (Å²) in [6.07, 6.45) is 6.73. The summed E-state index contributed by atoms with van der Waals surface area (Å²) in [6, 6.07) is 1.41. The molecule has 3 atom stereocenters. The van der Waals surface area contributed by atoms with Crippen LogP contribution in [-0.4, -0.2) is 25.3 Å². The average molecular weight is 183 g/mol. The van der Waals surface area contributed by atoms with Crippen LogP contribution in [0.1, 0.15) is 39.0 Å². The van der Waals surface area contributed by atoms with Crippen LogP contribution in [0.15, 0.2) is 0 Å². The first-order chi connectivity index (χ1) is 6.36. The highest BCUT2D eigenvalue weighted by Gasteiger charge is 2.26. The lowest BCUT2D eigenvalue weighted by Gasteiger charge is -2.28. The molecule has 1 aliphatic carbocycles. The maximum absolute atomic E-state index is 5.47. The molecule has 1 saturated heterocycles. The maximum atomic E-state index is 5.47. The van der Waals surface area contributed by atoms with Crippen LogP contribution in [0, 0.1) is 5.92 Å². The van der Waals surface area contributed by atoms with Gasteiger partial charge >= 0.3 is 0 Å². The second-order valence-electron chi connectivity index (χ2n) is 4.60. The molecule has 2 aliphatic rings. The van der Waals surface area contributed by atoms with Crippen LogP contribution in [0.3, 0.4) is 0 Å². The van der Waals surface area contributed by atoms with Crippen molar-refractivity contribution >= 4 is 0 Å². The van der Waals surface area contributed by atoms with E-state index >= 15 is 0 Å². The van der Waals surface area contributed by atoms with E-state index in [-0.39, 0.29) is 0 Å². The van der Waals surface area contributed by atoms with Crippen molar-refractivity contribution in [1.29, 1.82) is 0 Å². The van der Waals surface area contributed by atoms with Crippen LogP contribution in [-0.2, 0) is 4.74 Å². The number of nitrogens with one attached hydrogen (secondary N) is 1. The Morgan fingerprint density at radius 3 is 2.69 bits per heavy atom. The van der Waals surface area contributed by atoms with Gasteiger partial charge in [0.1, 0.15) is 0 Å². The third-order valence-electron chi connectivity index (χ3n) is 3.47. The lowest BCUT2D eigenvalue weighted by atomic mass is 10.0. The van der Waals surface area contributed by atoms with Gasteiger partial charge in [0.05, 0.1) is 6.61 Å². The van der Waals surface area contributed by atoms with E-state index in [9.17, 15) is 0 Å². The van der Waals surface area contributed by atoms with E-state index in [0.717, 1.165) is 25.2 Å². The monoisotopic (exact) mass is 183 g/mol. The van der Waals surface area contributed by atoms with Crippen molar-refractivity contribution in [3.8, 4) is 0 Å². The Bertz CT molecular complexity index is 154. The van der Waals surface area contributed by atoms with Crippen molar-refractivity contribution in [2.24, 2.45) is 5.92 Å². The molecule has 0 aromatic rings. The molecule has 0 aromatic carbocycles. The summed E-state index contributed by atoms with van der Waals surface area (Å²) in [7, 11) is 0. The van der Waals surface area contributed by atoms with Gasteiger partial charge in [-0.1, -0.05) is 13.3 Å². The Labute approximate surface area is 81.0 Å². The standard InChI is InChI=1S/C11H21NO/c1-9-4-2-6-11(9)12-10-5-3-7-13-8-10/h9-12H,2-8H2,1H3/t9?,10-,11?/m0/s1. The molecule has 2 heteroatoms. The van der Waals surface area contributed by atoms with E-state index in [0.29, 0.717) is 6.04 Å². The summed E-state index contributed by atoms with van der Waals surface area (Å²) in [4.78, 5) is 0. The van der Waals surface area contributed by atoms with E-state index in [4.69, 9.17) is 4.74 Å². The Morgan fingerprint density at radius 1 is 1.15 bits per heavy atom. The van der Waals surface area contributed by atoms with Gasteiger partial charge in [-0.15, -0.1) is 0 Å². The molecule has 2 unspecified atom stereocenters. The zero-order chi connectivity index (χ0) is 9.10. The highest BCUT2D eigenvalue weighted by molar-refractivity contribution is 4.84. The topological polar surface area (TPSA) is 21.3 Å². The summed E-state index contributed by atoms with van der Waals surface area (Å²) in [6.45, 7) is 4.27. The molecular formula is C11H21NO. The second-order valence-corrected chi connectivity index (χ2v) is 4.60. The van der Waals surface area contributed by atoms with E-state index in [1.807, 2.05) is 0 Å². The maximum Gasteiger partial charge on any atom is 0.0619 e. The van der Waals surface area contributed by atoms with Crippen molar-refractivity contribution in [3.63, 3.8) is 0 Å². The lowest BCUT2D eigenvalue weighted by Crippen LogP contribution is -2.44. The zero-order valence-corrected chi connectivity index (χ0v) is 8.59. The molecule has 0 radical (unpaired) electrons. The second kappa shape index (κ2) is 4.43. The van der Waals surface area contributed by atoms with Crippen LogP contribution < -0.4 is 5.32 Å². The van der Waals surface area contributed by atoms with Gasteiger partial charge in [0.2, 0.25) is 0 Å². The summed E-state index contributed by atoms with van der Waals surface area (Å²) in [5, 5.41) is 3.74. The first-order valence-corrected chi connectivity index (χ1v) is 5.70. The molecule has 13 heavy (non-hydrogen) atoms. The Morgan fingerprint density at radius 2 is 2.08 bits per heavy atom. The highest BCUT2D eigenvalue weighted by Crippen LogP contribution is 2.25. The molecule has 2 fully saturated rings. The molecule has 1 N–H and O–H groups in total. The van der Waals surface area contributed by atoms with Gasteiger partial charge in [0.15, 0.2) is 0 Å². The molecule has 0 spiro atoms. The van der Waals surface area contributed by atoms with E-state index in [2.05, 4.69) is 12.2 Å². The Kier molecular flexibility index (Phi) is 3.23. The summed E-state index contributed by atoms with van der Waals surface area (Å²) in [5.41, 5.74) is 0. The van der Waals surface area contributed by atoms with Gasteiger partial charge in [0, 0.05) is 18.7 Å². The number of ether oxygens (including phenoxy) is 1. The van der Waals surface area contributed by atoms with E-state index < -0.39 is 0 Å². The predicted molar refractivity (Wildman–Crippen MR) is 53.8 cm³/mol. The molecule has 2 nitrogen and oxygen atoms in total. The normalized spacial score (nSPS) is 40.8. The first kappa shape index (κ1) is 9.47. The fourth-order valence-corrected chi connectivity index (χ4v) is 2.57. The fourth-order valence-electron chi connectivity index (χ4n) is 2.57. The molecule has 0 bridgehead atoms. The van der Waals surface area contributed by atoms with Crippen molar-refractivity contribution in [1.82, 2.24) is 5.32 Å². The van der Waals surface area contributed by atoms with Gasteiger partial charge in [-0.2, -0.15) is 0 Å². The van der Waals surface area contributed by atoms with E-state index in [1.165, 1.54) is 32.1 Å². The first-order valence-electron chi connectivity index (χ1n) is 5.70. The van der Waals surface area contributed by atoms with Gasteiger partial charge < -0.3 is 10.1 Å². The highest BCUT2D eigenvalue weighted by atomic mass is 16.5. The number of hydrogen-bond acceptors (Lipinski definition) is 2. The van der Waals surface area contributed by atoms with Crippen LogP contribution in [0.2, 0.25) is 0 Å². The summed E-state index contributed by atoms with van der Waals surface area (Å²) >= 11 is 0. The minimum atomic E-state index is 0.638. The van der Waals surface area contributed by atoms with Gasteiger partial charge in [-0.3, -0.25) is 0 Å². The molecule has 76 valence electrons. The van der Waals surface area contributed by atoms with E-state index in [1.54, 1.807) is 0 Å². The fraction of sp³-hybridized carbons (Fsp3) is 1.00. The average Bonchev–Trinajstić information content (AvgIpc) is 2.54. The van der Waals surface area contributed by atoms with Crippen molar-refractivity contribution in [2.75, 3.05) is 13.2 Å². The third kappa shape index (κ3) is 2.44. The molecular weight excluding hydrogens is 162 g/mol. The SMILES string of the molecule is CC1CCCC1N[C@H]1CCCOC1. The summed E-state index contributed by atoms with van der Waals surface area (Å²) < 4.78 is 5.47. The Hall–Kier alpha value is -0.0800. The summed E-state index contributed by atoms with van der Waals surface area (Å²) in [5.74, 6) is 0.877. The van der Waals surface area contributed by atoms with Gasteiger partial charge in [-0.25, -0.2) is 0 Å². The molecule has 1 saturated carbocycles. The minimum Gasteiger partial charge on any atom is -0.380 e. The molecule has 0 aromatic heterocycles. The van der Waals surface area contributed by atoms with Crippen LogP contribution >= 0.6 is 0 Å². The largest absolute Gasteiger partial charge is 0.380 e. The van der Waals surface area contributed by atoms with Crippen LogP contribution in [0.25, 0.3) is 0 Å².